The number of halogens is 4. The summed E-state index contributed by atoms with van der Waals surface area (Å²) in [6.45, 7) is 30.6. The van der Waals surface area contributed by atoms with Gasteiger partial charge in [-0.3, -0.25) is 19.2 Å². The van der Waals surface area contributed by atoms with Crippen molar-refractivity contribution < 1.29 is 61.2 Å². The number of nitrogens with zero attached hydrogens (tertiary/aromatic N) is 4. The van der Waals surface area contributed by atoms with Crippen LogP contribution in [0.2, 0.25) is 0 Å². The minimum atomic E-state index is -1.61. The molecule has 2 unspecified atom stereocenters. The maximum atomic E-state index is 14.0. The van der Waals surface area contributed by atoms with Gasteiger partial charge in [0, 0.05) is 93.0 Å². The van der Waals surface area contributed by atoms with Crippen LogP contribution in [0.4, 0.5) is 20.2 Å². The van der Waals surface area contributed by atoms with Crippen LogP contribution in [0.15, 0.2) is 177 Å². The summed E-state index contributed by atoms with van der Waals surface area (Å²) in [7, 11) is 11.3. The van der Waals surface area contributed by atoms with E-state index in [9.17, 15) is 38.2 Å². The van der Waals surface area contributed by atoms with Gasteiger partial charge >= 0.3 is 73.4 Å². The first-order valence-electron chi connectivity index (χ1n) is 41.6. The molecule has 4 amide bonds. The number of rotatable bonds is 22. The topological polar surface area (TPSA) is 164 Å². The fourth-order valence-electron chi connectivity index (χ4n) is 16.8. The van der Waals surface area contributed by atoms with E-state index < -0.39 is 49.1 Å². The van der Waals surface area contributed by atoms with Crippen molar-refractivity contribution in [2.45, 2.75) is 206 Å². The molecular formula is C96H125Cl2F2N6O8PRu. The summed E-state index contributed by atoms with van der Waals surface area (Å²) in [6, 6.07) is 39.3. The summed E-state index contributed by atoms with van der Waals surface area (Å²) >= 11 is -1.61. The minimum absolute atomic E-state index is 0.0465. The fraction of sp³-hybridized carbons (Fsp3) is 0.438. The molecule has 7 aromatic carbocycles. The zero-order chi connectivity index (χ0) is 83.5. The number of aryl methyl sites for hydroxylation is 6. The van der Waals surface area contributed by atoms with E-state index in [2.05, 4.69) is 106 Å². The van der Waals surface area contributed by atoms with Gasteiger partial charge in [0.1, 0.15) is 36.3 Å². The molecule has 2 aliphatic heterocycles. The standard InChI is InChI=1S/C26H31FN2O4.C24H27FN2O4.C21H27N2.C18H33P.C7H6.2ClH.Ru/c1-4-10-29(11-5-2)26(32)21-9-7-8-20(16-21)25(31)28-23(18-30)14-19-13-22(27)17-24(15-19)33-12-6-3;1-2-8-27-9-3-4-10-31-22-13-17(11-20(25)15-22)12-21(16-28)26-23(29)18-6-5-7-19(14-18)24(27)30;1-14-9-16(3)20(17(4)10-14)22-7-8-23(13-22)21-18(5)11-15(2)12-19(21)6;1-4-10-16(11-5-1)19(17-12-6-2-7-13-17)18-14-8-3-9-15-18;1-7-5-3-2-4-6-7;;;/h4,6-9,13,15-17,23,30H,1,3,5,10-12,14,18H2,2H3,(H,28,31);3-7,11,13-15,21,28H,2,8-10,12,16H2,1H3,(H,26,29);9-13H,7-8H2,1-6H3;16-18H,1-15H2;1-6H;2*1H;/q;;-1;;;;;+2/p-1. The molecule has 0 aromatic heterocycles. The number of nitrogens with one attached hydrogen (secondary N) is 2. The molecular weight excluding hydrogens is 1610 g/mol. The van der Waals surface area contributed by atoms with Crippen LogP contribution in [-0.2, 0) is 26.4 Å². The molecule has 7 aromatic rings. The van der Waals surface area contributed by atoms with Crippen molar-refractivity contribution in [3.05, 3.63) is 268 Å². The van der Waals surface area contributed by atoms with Crippen LogP contribution in [0.1, 0.15) is 215 Å². The van der Waals surface area contributed by atoms with Gasteiger partial charge in [-0.05, 0) is 244 Å². The van der Waals surface area contributed by atoms with Gasteiger partial charge in [-0.25, -0.2) is 8.78 Å². The van der Waals surface area contributed by atoms with Gasteiger partial charge in [0.2, 0.25) is 0 Å². The Labute approximate surface area is 704 Å². The Morgan fingerprint density at radius 3 is 1.79 bits per heavy atom. The normalized spacial score (nSPS) is 16.5. The Kier molecular flexibility index (Phi) is 39.9. The van der Waals surface area contributed by atoms with Gasteiger partial charge in [-0.2, -0.15) is 6.67 Å². The molecule has 14 nitrogen and oxygen atoms in total. The van der Waals surface area contributed by atoms with Crippen LogP contribution < -0.4 is 29.9 Å². The third-order valence-electron chi connectivity index (χ3n) is 21.7. The van der Waals surface area contributed by atoms with Crippen LogP contribution in [0.5, 0.6) is 11.5 Å². The molecule has 0 spiro atoms. The number of ether oxygens (including phenoxy) is 2. The van der Waals surface area contributed by atoms with Gasteiger partial charge in [0.15, 0.2) is 0 Å². The van der Waals surface area contributed by atoms with E-state index in [1.807, 2.05) is 54.9 Å². The molecule has 628 valence electrons. The second-order valence-electron chi connectivity index (χ2n) is 31.3. The summed E-state index contributed by atoms with van der Waals surface area (Å²) in [5.74, 6) is -1.42. The SMILES string of the molecule is C1CCC([PH+](C2CCCCC2)C2CCCCC2)CC1.C=CCOc1cc(F)cc(CC(CO)NC(=O)c2cccc(C(=O)N(CC=C)CCC)c2)c1.CCCN1CC=CCOc2cc(F)cc(c2)CC(CO)NC(=O)c2cccc(c2)C1=O.Cc1cc(C)c(N2[CH-]N(c3c(C)cc(C)cc3C)CC2)c(C)c1.[Cl][Ru]([Cl])=[CH]c1ccccc1. The third kappa shape index (κ3) is 29.9. The number of aliphatic hydroxyl groups is 2. The number of hydrogen-bond acceptors (Lipinski definition) is 10. The van der Waals surface area contributed by atoms with Crippen LogP contribution in [0, 0.1) is 59.8 Å². The molecule has 2 heterocycles. The van der Waals surface area contributed by atoms with Gasteiger partial charge in [0.05, 0.1) is 42.3 Å². The molecule has 12 rings (SSSR count). The maximum absolute atomic E-state index is 14.0. The molecule has 20 heteroatoms. The molecule has 116 heavy (non-hydrogen) atoms. The van der Waals surface area contributed by atoms with Crippen molar-refractivity contribution in [3.8, 4) is 11.5 Å². The Bertz CT molecular complexity index is 4220. The van der Waals surface area contributed by atoms with E-state index in [4.69, 9.17) is 28.9 Å². The van der Waals surface area contributed by atoms with Crippen molar-refractivity contribution in [1.29, 1.82) is 0 Å². The van der Waals surface area contributed by atoms with Crippen LogP contribution in [0.25, 0.3) is 0 Å². The van der Waals surface area contributed by atoms with E-state index in [1.165, 1.54) is 92.1 Å². The summed E-state index contributed by atoms with van der Waals surface area (Å²) < 4.78 is 40.9. The van der Waals surface area contributed by atoms with Crippen molar-refractivity contribution in [2.75, 3.05) is 75.5 Å². The number of benzene rings is 7. The molecule has 4 N–H and O–H groups in total. The average Bonchev–Trinajstić information content (AvgIpc) is 1.62. The monoisotopic (exact) mass is 1730 g/mol. The fourth-order valence-corrected chi connectivity index (χ4v) is 23.9. The Hall–Kier alpha value is -7.88. The predicted molar refractivity (Wildman–Crippen MR) is 475 cm³/mol. The second-order valence-corrected chi connectivity index (χ2v) is 40.4. The van der Waals surface area contributed by atoms with Crippen LogP contribution >= 0.6 is 27.3 Å². The number of anilines is 2. The van der Waals surface area contributed by atoms with E-state index in [-0.39, 0.29) is 59.0 Å². The molecule has 4 bridgehead atoms. The molecule has 1 saturated heterocycles. The molecule has 3 saturated carbocycles. The first kappa shape index (κ1) is 93.6. The zero-order valence-corrected chi connectivity index (χ0v) is 73.8. The molecule has 5 aliphatic rings. The van der Waals surface area contributed by atoms with E-state index in [0.29, 0.717) is 71.1 Å². The molecule has 3 aliphatic carbocycles. The number of hydrogen-bond donors (Lipinski definition) is 4. The van der Waals surface area contributed by atoms with Crippen LogP contribution in [-0.4, -0.2) is 143 Å². The van der Waals surface area contributed by atoms with Gasteiger partial charge < -0.3 is 49.9 Å². The number of amides is 4. The van der Waals surface area contributed by atoms with Gasteiger partial charge in [-0.15, -0.1) is 6.58 Å². The number of carbonyl (C=O) groups is 4. The summed E-state index contributed by atoms with van der Waals surface area (Å²) in [6.07, 6.45) is 32.7. The van der Waals surface area contributed by atoms with Gasteiger partial charge in [0.25, 0.3) is 23.6 Å². The predicted octanol–water partition coefficient (Wildman–Crippen LogP) is 20.7. The van der Waals surface area contributed by atoms with Gasteiger partial charge in [-0.1, -0.05) is 105 Å². The number of fused-ring (bicyclic) bond motifs is 4. The molecule has 0 radical (unpaired) electrons. The summed E-state index contributed by atoms with van der Waals surface area (Å²) in [5, 5.41) is 25.0. The molecule has 4 fully saturated rings. The first-order valence-corrected chi connectivity index (χ1v) is 48.8. The van der Waals surface area contributed by atoms with E-state index in [0.717, 1.165) is 31.5 Å². The molecule has 2 atom stereocenters. The second kappa shape index (κ2) is 49.5. The van der Waals surface area contributed by atoms with Crippen molar-refractivity contribution in [1.82, 2.24) is 20.4 Å². The van der Waals surface area contributed by atoms with Crippen molar-refractivity contribution in [2.24, 2.45) is 0 Å². The number of aliphatic hydroxyl groups excluding tert-OH is 2. The summed E-state index contributed by atoms with van der Waals surface area (Å²) in [4.78, 5) is 59.5. The quantitative estimate of drug-likeness (QED) is 0.0222. The van der Waals surface area contributed by atoms with E-state index >= 15 is 0 Å². The van der Waals surface area contributed by atoms with Crippen LogP contribution in [0.3, 0.4) is 0 Å². The Morgan fingerprint density at radius 1 is 0.681 bits per heavy atom. The first-order chi connectivity index (χ1) is 56.0. The average molecular weight is 1730 g/mol. The van der Waals surface area contributed by atoms with Crippen molar-refractivity contribution in [3.63, 3.8) is 0 Å². The Morgan fingerprint density at radius 2 is 1.25 bits per heavy atom. The zero-order valence-electron chi connectivity index (χ0n) is 69.5. The van der Waals surface area contributed by atoms with Crippen molar-refractivity contribution >= 4 is 66.9 Å². The third-order valence-corrected chi connectivity index (χ3v) is 28.2. The van der Waals surface area contributed by atoms with E-state index in [1.54, 1.807) is 179 Å². The summed E-state index contributed by atoms with van der Waals surface area (Å²) in [5.41, 5.74) is 18.2. The Balaban J connectivity index is 0.000000188. The number of carbonyl (C=O) groups excluding carboxylic acids is 4.